The molecule has 1 aromatic rings. The van der Waals surface area contributed by atoms with Crippen LogP contribution in [0.2, 0.25) is 0 Å². The molecule has 116 valence electrons. The van der Waals surface area contributed by atoms with Crippen LogP contribution in [0.15, 0.2) is 6.20 Å². The van der Waals surface area contributed by atoms with Crippen molar-refractivity contribution in [2.24, 2.45) is 11.1 Å². The van der Waals surface area contributed by atoms with Crippen LogP contribution >= 0.6 is 0 Å². The monoisotopic (exact) mass is 289 g/mol. The number of nitrogens with two attached hydrogens (primary N) is 1. The molecule has 0 aliphatic heterocycles. The molecule has 2 aliphatic carbocycles. The maximum atomic E-state index is 6.31. The first-order valence-electron chi connectivity index (χ1n) is 8.22. The Hall–Kier alpha value is -1.00. The predicted molar refractivity (Wildman–Crippen MR) is 82.8 cm³/mol. The topological polar surface area (TPSA) is 61.0 Å². The molecule has 1 fully saturated rings. The lowest BCUT2D eigenvalue weighted by atomic mass is 9.74. The number of fused-ring (bicyclic) bond motifs is 1. The number of rotatable bonds is 3. The fraction of sp³-hybridized carbons (Fsp3) is 0.765. The van der Waals surface area contributed by atoms with Gasteiger partial charge in [0.05, 0.1) is 0 Å². The second kappa shape index (κ2) is 5.33. The average molecular weight is 289 g/mol. The second-order valence-electron chi connectivity index (χ2n) is 7.38. The Bertz CT molecular complexity index is 521. The van der Waals surface area contributed by atoms with Crippen molar-refractivity contribution in [3.63, 3.8) is 0 Å². The van der Waals surface area contributed by atoms with Gasteiger partial charge in [-0.25, -0.2) is 9.97 Å². The van der Waals surface area contributed by atoms with Gasteiger partial charge >= 0.3 is 0 Å². The van der Waals surface area contributed by atoms with Gasteiger partial charge in [0.15, 0.2) is 5.82 Å². The average Bonchev–Trinajstić information content (AvgIpc) is 2.87. The summed E-state index contributed by atoms with van der Waals surface area (Å²) >= 11 is 0. The third-order valence-corrected chi connectivity index (χ3v) is 4.96. The van der Waals surface area contributed by atoms with E-state index in [1.165, 1.54) is 12.8 Å². The number of hydrogen-bond donors (Lipinski definition) is 1. The molecule has 21 heavy (non-hydrogen) atoms. The van der Waals surface area contributed by atoms with Crippen molar-refractivity contribution in [3.8, 4) is 0 Å². The molecule has 4 nitrogen and oxygen atoms in total. The fourth-order valence-electron chi connectivity index (χ4n) is 3.98. The predicted octanol–water partition coefficient (Wildman–Crippen LogP) is 3.25. The van der Waals surface area contributed by atoms with Gasteiger partial charge in [-0.1, -0.05) is 13.8 Å². The van der Waals surface area contributed by atoms with Crippen LogP contribution in [-0.4, -0.2) is 16.6 Å². The lowest BCUT2D eigenvalue weighted by Gasteiger charge is -2.35. The van der Waals surface area contributed by atoms with E-state index in [9.17, 15) is 0 Å². The summed E-state index contributed by atoms with van der Waals surface area (Å²) in [6.45, 7) is 7.31. The van der Waals surface area contributed by atoms with Crippen molar-refractivity contribution in [1.29, 1.82) is 0 Å². The Morgan fingerprint density at radius 3 is 2.71 bits per heavy atom. The molecule has 1 atom stereocenters. The Kier molecular flexibility index (Phi) is 3.78. The van der Waals surface area contributed by atoms with Crippen LogP contribution in [0.3, 0.4) is 0 Å². The van der Waals surface area contributed by atoms with Gasteiger partial charge in [0.25, 0.3) is 0 Å². The van der Waals surface area contributed by atoms with Crippen molar-refractivity contribution in [2.75, 3.05) is 6.61 Å². The summed E-state index contributed by atoms with van der Waals surface area (Å²) in [6.07, 6.45) is 8.41. The SMILES string of the molecule is CCOC1(c2ncc3c(n2)CC(C)(C)CC3N)CCCC1. The summed E-state index contributed by atoms with van der Waals surface area (Å²) in [7, 11) is 0. The minimum Gasteiger partial charge on any atom is -0.367 e. The van der Waals surface area contributed by atoms with Crippen LogP contribution in [-0.2, 0) is 16.8 Å². The van der Waals surface area contributed by atoms with E-state index in [0.717, 1.165) is 42.8 Å². The Morgan fingerprint density at radius 1 is 1.33 bits per heavy atom. The van der Waals surface area contributed by atoms with Crippen LogP contribution < -0.4 is 5.73 Å². The molecule has 0 spiro atoms. The zero-order chi connectivity index (χ0) is 15.1. The van der Waals surface area contributed by atoms with Gasteiger partial charge < -0.3 is 10.5 Å². The minimum atomic E-state index is -0.254. The fourth-order valence-corrected chi connectivity index (χ4v) is 3.98. The summed E-state index contributed by atoms with van der Waals surface area (Å²) in [4.78, 5) is 9.56. The minimum absolute atomic E-state index is 0.0596. The highest BCUT2D eigenvalue weighted by molar-refractivity contribution is 5.27. The molecular weight excluding hydrogens is 262 g/mol. The highest BCUT2D eigenvalue weighted by atomic mass is 16.5. The third kappa shape index (κ3) is 2.71. The summed E-state index contributed by atoms with van der Waals surface area (Å²) in [5.41, 5.74) is 8.53. The first-order chi connectivity index (χ1) is 9.96. The van der Waals surface area contributed by atoms with Gasteiger partial charge in [0.2, 0.25) is 0 Å². The maximum absolute atomic E-state index is 6.31. The van der Waals surface area contributed by atoms with Crippen LogP contribution in [0.5, 0.6) is 0 Å². The molecule has 3 rings (SSSR count). The molecule has 1 unspecified atom stereocenters. The van der Waals surface area contributed by atoms with Crippen molar-refractivity contribution in [2.45, 2.75) is 70.9 Å². The first-order valence-corrected chi connectivity index (χ1v) is 8.22. The second-order valence-corrected chi connectivity index (χ2v) is 7.38. The van der Waals surface area contributed by atoms with Gasteiger partial charge in [-0.3, -0.25) is 0 Å². The normalized spacial score (nSPS) is 26.6. The van der Waals surface area contributed by atoms with Gasteiger partial charge in [-0.05, 0) is 50.9 Å². The lowest BCUT2D eigenvalue weighted by Crippen LogP contribution is -2.34. The van der Waals surface area contributed by atoms with E-state index in [-0.39, 0.29) is 17.1 Å². The van der Waals surface area contributed by atoms with Crippen LogP contribution in [0, 0.1) is 5.41 Å². The highest BCUT2D eigenvalue weighted by Crippen LogP contribution is 2.43. The molecule has 0 aromatic carbocycles. The molecule has 1 aromatic heterocycles. The lowest BCUT2D eigenvalue weighted by molar-refractivity contribution is -0.0460. The molecule has 2 aliphatic rings. The summed E-state index contributed by atoms with van der Waals surface area (Å²) in [6, 6.07) is 0.0596. The van der Waals surface area contributed by atoms with E-state index in [0.29, 0.717) is 6.61 Å². The molecule has 0 saturated heterocycles. The molecule has 1 saturated carbocycles. The maximum Gasteiger partial charge on any atom is 0.160 e. The van der Waals surface area contributed by atoms with E-state index in [4.69, 9.17) is 15.5 Å². The Labute approximate surface area is 127 Å². The van der Waals surface area contributed by atoms with E-state index >= 15 is 0 Å². The molecular formula is C17H27N3O. The Balaban J connectivity index is 1.99. The number of ether oxygens (including phenoxy) is 1. The summed E-state index contributed by atoms with van der Waals surface area (Å²) < 4.78 is 6.09. The quantitative estimate of drug-likeness (QED) is 0.928. The largest absolute Gasteiger partial charge is 0.367 e. The standard InChI is InChI=1S/C17H27N3O/c1-4-21-17(7-5-6-8-17)15-19-11-12-13(18)9-16(2,3)10-14(12)20-15/h11,13H,4-10,18H2,1-3H3. The van der Waals surface area contributed by atoms with Gasteiger partial charge in [0.1, 0.15) is 5.60 Å². The van der Waals surface area contributed by atoms with Crippen molar-refractivity contribution >= 4 is 0 Å². The summed E-state index contributed by atoms with van der Waals surface area (Å²) in [5.74, 6) is 0.880. The van der Waals surface area contributed by atoms with Crippen LogP contribution in [0.1, 0.15) is 76.0 Å². The van der Waals surface area contributed by atoms with Gasteiger partial charge in [-0.15, -0.1) is 0 Å². The first kappa shape index (κ1) is 14.9. The zero-order valence-electron chi connectivity index (χ0n) is 13.5. The summed E-state index contributed by atoms with van der Waals surface area (Å²) in [5, 5.41) is 0. The molecule has 0 radical (unpaired) electrons. The molecule has 1 heterocycles. The zero-order valence-corrected chi connectivity index (χ0v) is 13.5. The van der Waals surface area contributed by atoms with Gasteiger partial charge in [0, 0.05) is 30.1 Å². The number of hydrogen-bond acceptors (Lipinski definition) is 4. The van der Waals surface area contributed by atoms with E-state index in [1.54, 1.807) is 0 Å². The van der Waals surface area contributed by atoms with E-state index in [2.05, 4.69) is 25.8 Å². The van der Waals surface area contributed by atoms with Crippen LogP contribution in [0.25, 0.3) is 0 Å². The number of aromatic nitrogens is 2. The smallest absolute Gasteiger partial charge is 0.160 e. The number of nitrogens with zero attached hydrogens (tertiary/aromatic N) is 2. The molecule has 2 N–H and O–H groups in total. The van der Waals surface area contributed by atoms with E-state index in [1.807, 2.05) is 6.20 Å². The Morgan fingerprint density at radius 2 is 2.05 bits per heavy atom. The van der Waals surface area contributed by atoms with Crippen molar-refractivity contribution < 1.29 is 4.74 Å². The molecule has 0 amide bonds. The van der Waals surface area contributed by atoms with Crippen molar-refractivity contribution in [1.82, 2.24) is 9.97 Å². The molecule has 0 bridgehead atoms. The van der Waals surface area contributed by atoms with E-state index < -0.39 is 0 Å². The van der Waals surface area contributed by atoms with Crippen LogP contribution in [0.4, 0.5) is 0 Å². The van der Waals surface area contributed by atoms with Gasteiger partial charge in [-0.2, -0.15) is 0 Å². The van der Waals surface area contributed by atoms with Crippen molar-refractivity contribution in [3.05, 3.63) is 23.3 Å². The highest BCUT2D eigenvalue weighted by Gasteiger charge is 2.40. The third-order valence-electron chi connectivity index (χ3n) is 4.96. The molecule has 4 heteroatoms.